The van der Waals surface area contributed by atoms with Gasteiger partial charge in [-0.1, -0.05) is 36.7 Å². The summed E-state index contributed by atoms with van der Waals surface area (Å²) in [6.45, 7) is 4.57. The van der Waals surface area contributed by atoms with Gasteiger partial charge < -0.3 is 10.5 Å². The topological polar surface area (TPSA) is 35.2 Å². The standard InChI is InChI=1S/C13H18ClNO/c1-13(8-16-9-13)6-10(7-15)11-4-2-3-5-12(11)14/h2-5,10H,6-9,15H2,1H3. The van der Waals surface area contributed by atoms with Crippen molar-refractivity contribution in [2.45, 2.75) is 19.3 Å². The van der Waals surface area contributed by atoms with Crippen molar-refractivity contribution < 1.29 is 4.74 Å². The molecule has 0 radical (unpaired) electrons. The Morgan fingerprint density at radius 1 is 1.44 bits per heavy atom. The SMILES string of the molecule is CC1(CC(CN)c2ccccc2Cl)COC1. The van der Waals surface area contributed by atoms with Crippen LogP contribution in [0.4, 0.5) is 0 Å². The molecule has 88 valence electrons. The highest BCUT2D eigenvalue weighted by Gasteiger charge is 2.36. The Morgan fingerprint density at radius 2 is 2.12 bits per heavy atom. The number of rotatable bonds is 4. The smallest absolute Gasteiger partial charge is 0.0542 e. The van der Waals surface area contributed by atoms with Crippen LogP contribution in [0.2, 0.25) is 5.02 Å². The Hall–Kier alpha value is -0.570. The summed E-state index contributed by atoms with van der Waals surface area (Å²) in [5.74, 6) is 0.336. The molecule has 1 unspecified atom stereocenters. The largest absolute Gasteiger partial charge is 0.380 e. The second-order valence-electron chi connectivity index (χ2n) is 4.96. The number of hydrogen-bond acceptors (Lipinski definition) is 2. The number of benzene rings is 1. The van der Waals surface area contributed by atoms with Crippen molar-refractivity contribution in [1.29, 1.82) is 0 Å². The van der Waals surface area contributed by atoms with Crippen molar-refractivity contribution in [2.75, 3.05) is 19.8 Å². The fourth-order valence-electron chi connectivity index (χ4n) is 2.29. The molecule has 0 bridgehead atoms. The van der Waals surface area contributed by atoms with Crippen molar-refractivity contribution in [3.63, 3.8) is 0 Å². The molecule has 2 N–H and O–H groups in total. The molecule has 1 aromatic rings. The van der Waals surface area contributed by atoms with E-state index >= 15 is 0 Å². The van der Waals surface area contributed by atoms with Crippen LogP contribution in [-0.2, 0) is 4.74 Å². The molecule has 1 saturated heterocycles. The van der Waals surface area contributed by atoms with E-state index in [4.69, 9.17) is 22.1 Å². The lowest BCUT2D eigenvalue weighted by Gasteiger charge is -2.40. The summed E-state index contributed by atoms with van der Waals surface area (Å²) in [6.07, 6.45) is 1.05. The minimum atomic E-state index is 0.281. The molecule has 1 atom stereocenters. The average Bonchev–Trinajstić information content (AvgIpc) is 2.25. The highest BCUT2D eigenvalue weighted by Crippen LogP contribution is 2.38. The molecule has 2 nitrogen and oxygen atoms in total. The third-order valence-corrected chi connectivity index (χ3v) is 3.61. The lowest BCUT2D eigenvalue weighted by Crippen LogP contribution is -2.41. The fourth-order valence-corrected chi connectivity index (χ4v) is 2.58. The molecule has 16 heavy (non-hydrogen) atoms. The Labute approximate surface area is 102 Å². The first-order valence-electron chi connectivity index (χ1n) is 5.67. The monoisotopic (exact) mass is 239 g/mol. The van der Waals surface area contributed by atoms with Crippen LogP contribution in [0.25, 0.3) is 0 Å². The molecule has 0 aromatic heterocycles. The van der Waals surface area contributed by atoms with E-state index in [1.807, 2.05) is 18.2 Å². The van der Waals surface area contributed by atoms with Crippen molar-refractivity contribution in [1.82, 2.24) is 0 Å². The number of halogens is 1. The molecule has 0 spiro atoms. The van der Waals surface area contributed by atoms with Crippen molar-refractivity contribution in [3.8, 4) is 0 Å². The van der Waals surface area contributed by atoms with E-state index in [2.05, 4.69) is 13.0 Å². The molecule has 2 rings (SSSR count). The van der Waals surface area contributed by atoms with Crippen LogP contribution in [0.1, 0.15) is 24.8 Å². The molecule has 0 saturated carbocycles. The molecule has 1 aliphatic rings. The summed E-state index contributed by atoms with van der Waals surface area (Å²) in [5, 5.41) is 0.821. The van der Waals surface area contributed by atoms with Gasteiger partial charge in [0.15, 0.2) is 0 Å². The number of hydrogen-bond donors (Lipinski definition) is 1. The molecule has 0 amide bonds. The van der Waals surface area contributed by atoms with Gasteiger partial charge in [-0.05, 0) is 30.5 Å². The van der Waals surface area contributed by atoms with Crippen LogP contribution in [0.5, 0.6) is 0 Å². The minimum absolute atomic E-state index is 0.281. The Morgan fingerprint density at radius 3 is 2.62 bits per heavy atom. The summed E-state index contributed by atoms with van der Waals surface area (Å²) >= 11 is 6.20. The lowest BCUT2D eigenvalue weighted by molar-refractivity contribution is -0.108. The molecule has 1 aliphatic heterocycles. The van der Waals surface area contributed by atoms with Gasteiger partial charge in [-0.3, -0.25) is 0 Å². The highest BCUT2D eigenvalue weighted by atomic mass is 35.5. The zero-order valence-corrected chi connectivity index (χ0v) is 10.3. The first-order chi connectivity index (χ1) is 7.64. The third kappa shape index (κ3) is 2.40. The fraction of sp³-hybridized carbons (Fsp3) is 0.538. The van der Waals surface area contributed by atoms with Gasteiger partial charge in [-0.15, -0.1) is 0 Å². The van der Waals surface area contributed by atoms with Crippen LogP contribution in [0, 0.1) is 5.41 Å². The van der Waals surface area contributed by atoms with E-state index in [0.29, 0.717) is 12.5 Å². The first-order valence-corrected chi connectivity index (χ1v) is 6.05. The van der Waals surface area contributed by atoms with E-state index in [9.17, 15) is 0 Å². The van der Waals surface area contributed by atoms with Crippen molar-refractivity contribution in [2.24, 2.45) is 11.1 Å². The third-order valence-electron chi connectivity index (χ3n) is 3.27. The van der Waals surface area contributed by atoms with E-state index in [1.54, 1.807) is 0 Å². The normalized spacial score (nSPS) is 20.2. The minimum Gasteiger partial charge on any atom is -0.380 e. The summed E-state index contributed by atoms with van der Waals surface area (Å²) in [4.78, 5) is 0. The van der Waals surface area contributed by atoms with Crippen molar-refractivity contribution >= 4 is 11.6 Å². The Balaban J connectivity index is 2.13. The molecular formula is C13H18ClNO. The number of ether oxygens (including phenoxy) is 1. The van der Waals surface area contributed by atoms with Crippen LogP contribution in [0.3, 0.4) is 0 Å². The Kier molecular flexibility index (Phi) is 3.53. The van der Waals surface area contributed by atoms with Crippen LogP contribution in [0.15, 0.2) is 24.3 Å². The lowest BCUT2D eigenvalue weighted by atomic mass is 9.77. The zero-order valence-electron chi connectivity index (χ0n) is 9.58. The molecular weight excluding hydrogens is 222 g/mol. The summed E-state index contributed by atoms with van der Waals surface area (Å²) in [7, 11) is 0. The van der Waals surface area contributed by atoms with E-state index in [1.165, 1.54) is 5.56 Å². The van der Waals surface area contributed by atoms with Crippen molar-refractivity contribution in [3.05, 3.63) is 34.9 Å². The van der Waals surface area contributed by atoms with Gasteiger partial charge in [-0.25, -0.2) is 0 Å². The molecule has 1 aromatic carbocycles. The molecule has 0 aliphatic carbocycles. The first kappa shape index (κ1) is 11.9. The second kappa shape index (κ2) is 4.74. The maximum atomic E-state index is 6.20. The quantitative estimate of drug-likeness (QED) is 0.877. The van der Waals surface area contributed by atoms with E-state index < -0.39 is 0 Å². The predicted molar refractivity (Wildman–Crippen MR) is 66.8 cm³/mol. The zero-order chi connectivity index (χ0) is 11.6. The van der Waals surface area contributed by atoms with Crippen LogP contribution < -0.4 is 5.73 Å². The summed E-state index contributed by atoms with van der Waals surface area (Å²) in [6, 6.07) is 7.97. The molecule has 1 heterocycles. The van der Waals surface area contributed by atoms with Gasteiger partial charge in [-0.2, -0.15) is 0 Å². The summed E-state index contributed by atoms with van der Waals surface area (Å²) < 4.78 is 5.28. The predicted octanol–water partition coefficient (Wildman–Crippen LogP) is 2.81. The number of nitrogens with two attached hydrogens (primary N) is 1. The Bertz CT molecular complexity index is 363. The van der Waals surface area contributed by atoms with Gasteiger partial charge in [0.1, 0.15) is 0 Å². The second-order valence-corrected chi connectivity index (χ2v) is 5.37. The average molecular weight is 240 g/mol. The highest BCUT2D eigenvalue weighted by molar-refractivity contribution is 6.31. The summed E-state index contributed by atoms with van der Waals surface area (Å²) in [5.41, 5.74) is 7.31. The van der Waals surface area contributed by atoms with Crippen LogP contribution >= 0.6 is 11.6 Å². The molecule has 1 fully saturated rings. The van der Waals surface area contributed by atoms with Gasteiger partial charge in [0.2, 0.25) is 0 Å². The van der Waals surface area contributed by atoms with Gasteiger partial charge in [0, 0.05) is 10.4 Å². The van der Waals surface area contributed by atoms with Gasteiger partial charge >= 0.3 is 0 Å². The maximum absolute atomic E-state index is 6.20. The maximum Gasteiger partial charge on any atom is 0.0542 e. The van der Waals surface area contributed by atoms with Gasteiger partial charge in [0.05, 0.1) is 13.2 Å². The van der Waals surface area contributed by atoms with Crippen LogP contribution in [-0.4, -0.2) is 19.8 Å². The van der Waals surface area contributed by atoms with E-state index in [0.717, 1.165) is 24.7 Å². The van der Waals surface area contributed by atoms with E-state index in [-0.39, 0.29) is 5.41 Å². The molecule has 3 heteroatoms. The van der Waals surface area contributed by atoms with Gasteiger partial charge in [0.25, 0.3) is 0 Å².